The van der Waals surface area contributed by atoms with E-state index in [-0.39, 0.29) is 22.7 Å². The Labute approximate surface area is 188 Å². The Bertz CT molecular complexity index is 1220. The summed E-state index contributed by atoms with van der Waals surface area (Å²) < 4.78 is 6.58. The van der Waals surface area contributed by atoms with Gasteiger partial charge in [0.25, 0.3) is 0 Å². The molecular formula is C22H24N4O5S. The Balaban J connectivity index is 1.64. The fourth-order valence-corrected chi connectivity index (χ4v) is 4.51. The molecule has 0 aromatic carbocycles. The number of ether oxygens (including phenoxy) is 1. The number of aromatic carboxylic acids is 1. The van der Waals surface area contributed by atoms with Crippen LogP contribution in [0.3, 0.4) is 0 Å². The number of carboxylic acid groups (broad SMARTS) is 1. The van der Waals surface area contributed by atoms with Crippen LogP contribution in [0.1, 0.15) is 35.2 Å². The first-order valence-electron chi connectivity index (χ1n) is 10.4. The Kier molecular flexibility index (Phi) is 6.33. The van der Waals surface area contributed by atoms with Crippen molar-refractivity contribution in [3.05, 3.63) is 45.2 Å². The fraction of sp³-hybridized carbons (Fsp3) is 0.409. The van der Waals surface area contributed by atoms with Crippen molar-refractivity contribution in [3.63, 3.8) is 0 Å². The van der Waals surface area contributed by atoms with Gasteiger partial charge >= 0.3 is 5.97 Å². The van der Waals surface area contributed by atoms with Gasteiger partial charge in [-0.15, -0.1) is 11.3 Å². The number of thiazole rings is 1. The van der Waals surface area contributed by atoms with Gasteiger partial charge in [-0.25, -0.2) is 14.8 Å². The van der Waals surface area contributed by atoms with Gasteiger partial charge in [0, 0.05) is 51.0 Å². The molecule has 0 unspecified atom stereocenters. The zero-order chi connectivity index (χ0) is 22.8. The number of aromatic nitrogens is 3. The third-order valence-electron chi connectivity index (χ3n) is 5.68. The van der Waals surface area contributed by atoms with E-state index >= 15 is 0 Å². The lowest BCUT2D eigenvalue weighted by atomic mass is 9.92. The Hall–Kier alpha value is -3.11. The van der Waals surface area contributed by atoms with Gasteiger partial charge in [0.2, 0.25) is 5.43 Å². The van der Waals surface area contributed by atoms with E-state index in [4.69, 9.17) is 9.72 Å². The molecule has 0 atom stereocenters. The van der Waals surface area contributed by atoms with E-state index in [9.17, 15) is 19.5 Å². The van der Waals surface area contributed by atoms with Crippen LogP contribution in [0.5, 0.6) is 0 Å². The number of hydrogen-bond acceptors (Lipinski definition) is 8. The van der Waals surface area contributed by atoms with Gasteiger partial charge in [-0.3, -0.25) is 14.2 Å². The lowest BCUT2D eigenvalue weighted by Gasteiger charge is -2.39. The van der Waals surface area contributed by atoms with Crippen LogP contribution in [0.15, 0.2) is 28.6 Å². The molecule has 0 aliphatic carbocycles. The van der Waals surface area contributed by atoms with Gasteiger partial charge in [0.15, 0.2) is 10.8 Å². The molecule has 0 radical (unpaired) electrons. The van der Waals surface area contributed by atoms with E-state index < -0.39 is 11.4 Å². The van der Waals surface area contributed by atoms with Crippen LogP contribution in [0.4, 0.5) is 5.82 Å². The van der Waals surface area contributed by atoms with Gasteiger partial charge < -0.3 is 14.7 Å². The number of aryl methyl sites for hydroxylation is 1. The maximum Gasteiger partial charge on any atom is 0.341 e. The summed E-state index contributed by atoms with van der Waals surface area (Å²) in [5.74, 6) is -0.405. The Morgan fingerprint density at radius 1 is 1.31 bits per heavy atom. The molecule has 0 saturated carbocycles. The van der Waals surface area contributed by atoms with Crippen molar-refractivity contribution in [2.45, 2.75) is 26.2 Å². The van der Waals surface area contributed by atoms with Gasteiger partial charge in [-0.1, -0.05) is 0 Å². The van der Waals surface area contributed by atoms with Crippen LogP contribution >= 0.6 is 11.3 Å². The SMILES string of the molecule is COCCCCC(=O)C1CN(c2cc(C)c3c(=O)c(C(=O)O)cn(-c4nccs4)c3n2)C1. The lowest BCUT2D eigenvalue weighted by molar-refractivity contribution is -0.123. The number of carbonyl (C=O) groups is 2. The molecule has 10 heteroatoms. The summed E-state index contributed by atoms with van der Waals surface area (Å²) in [7, 11) is 1.65. The molecule has 3 aromatic rings. The molecule has 1 N–H and O–H groups in total. The number of methoxy groups -OCH3 is 1. The zero-order valence-electron chi connectivity index (χ0n) is 17.9. The van der Waals surface area contributed by atoms with Crippen molar-refractivity contribution in [1.29, 1.82) is 0 Å². The molecular weight excluding hydrogens is 432 g/mol. The van der Waals surface area contributed by atoms with Crippen LogP contribution in [0, 0.1) is 12.8 Å². The highest BCUT2D eigenvalue weighted by molar-refractivity contribution is 7.12. The monoisotopic (exact) mass is 456 g/mol. The van der Waals surface area contributed by atoms with Crippen LogP contribution < -0.4 is 10.3 Å². The number of carboxylic acids is 1. The van der Waals surface area contributed by atoms with Crippen molar-refractivity contribution in [1.82, 2.24) is 14.5 Å². The fourth-order valence-electron chi connectivity index (χ4n) is 3.89. The van der Waals surface area contributed by atoms with Crippen LogP contribution in [0.25, 0.3) is 16.2 Å². The summed E-state index contributed by atoms with van der Waals surface area (Å²) in [6, 6.07) is 1.78. The number of ketones is 1. The second-order valence-corrected chi connectivity index (χ2v) is 8.75. The van der Waals surface area contributed by atoms with Crippen molar-refractivity contribution in [2.75, 3.05) is 31.7 Å². The quantitative estimate of drug-likeness (QED) is 0.489. The molecule has 3 aromatic heterocycles. The third-order valence-corrected chi connectivity index (χ3v) is 6.45. The number of nitrogens with zero attached hydrogens (tertiary/aromatic N) is 4. The van der Waals surface area contributed by atoms with E-state index in [0.29, 0.717) is 48.3 Å². The molecule has 1 fully saturated rings. The first kappa shape index (κ1) is 22.1. The molecule has 168 valence electrons. The van der Waals surface area contributed by atoms with Crippen molar-refractivity contribution in [2.24, 2.45) is 5.92 Å². The minimum Gasteiger partial charge on any atom is -0.477 e. The predicted molar refractivity (Wildman–Crippen MR) is 121 cm³/mol. The Morgan fingerprint density at radius 2 is 2.09 bits per heavy atom. The minimum atomic E-state index is -1.29. The van der Waals surface area contributed by atoms with Crippen molar-refractivity contribution < 1.29 is 19.4 Å². The number of pyridine rings is 2. The number of unbranched alkanes of at least 4 members (excludes halogenated alkanes) is 1. The number of carbonyl (C=O) groups excluding carboxylic acids is 1. The van der Waals surface area contributed by atoms with Crippen LogP contribution in [-0.4, -0.2) is 58.2 Å². The number of anilines is 1. The van der Waals surface area contributed by atoms with E-state index in [0.717, 1.165) is 12.8 Å². The molecule has 9 nitrogen and oxygen atoms in total. The van der Waals surface area contributed by atoms with Crippen molar-refractivity contribution >= 4 is 39.9 Å². The predicted octanol–water partition coefficient (Wildman–Crippen LogP) is 2.67. The summed E-state index contributed by atoms with van der Waals surface area (Å²) in [6.45, 7) is 3.59. The first-order valence-corrected chi connectivity index (χ1v) is 11.3. The zero-order valence-corrected chi connectivity index (χ0v) is 18.7. The van der Waals surface area contributed by atoms with E-state index in [2.05, 4.69) is 4.98 Å². The summed E-state index contributed by atoms with van der Waals surface area (Å²) >= 11 is 1.32. The molecule has 4 heterocycles. The van der Waals surface area contributed by atoms with E-state index in [1.807, 2.05) is 4.90 Å². The molecule has 1 aliphatic rings. The number of rotatable bonds is 9. The third kappa shape index (κ3) is 4.15. The first-order chi connectivity index (χ1) is 15.4. The number of Topliss-reactive ketones (excluding diaryl/α,β-unsaturated/α-hetero) is 1. The number of fused-ring (bicyclic) bond motifs is 1. The molecule has 1 saturated heterocycles. The van der Waals surface area contributed by atoms with Gasteiger partial charge in [0.05, 0.1) is 11.3 Å². The smallest absolute Gasteiger partial charge is 0.341 e. The van der Waals surface area contributed by atoms with Gasteiger partial charge in [-0.05, 0) is 31.4 Å². The molecule has 1 aliphatic heterocycles. The normalized spacial score (nSPS) is 14.0. The van der Waals surface area contributed by atoms with E-state index in [1.165, 1.54) is 17.5 Å². The summed E-state index contributed by atoms with van der Waals surface area (Å²) in [5.41, 5.74) is 0.107. The summed E-state index contributed by atoms with van der Waals surface area (Å²) in [6.07, 6.45) is 5.14. The van der Waals surface area contributed by atoms with Crippen LogP contribution in [0.2, 0.25) is 0 Å². The minimum absolute atomic E-state index is 0.0223. The Morgan fingerprint density at radius 3 is 2.75 bits per heavy atom. The number of hydrogen-bond donors (Lipinski definition) is 1. The average Bonchev–Trinajstić information content (AvgIpc) is 3.24. The highest BCUT2D eigenvalue weighted by Crippen LogP contribution is 2.29. The topological polar surface area (TPSA) is 115 Å². The maximum absolute atomic E-state index is 12.8. The standard InChI is InChI=1S/C22H24N4O5S/c1-13-9-17(25-10-14(11-25)16(27)5-3-4-7-31-2)24-20-18(13)19(28)15(21(29)30)12-26(20)22-23-6-8-32-22/h6,8-9,12,14H,3-5,7,10-11H2,1-2H3,(H,29,30). The molecule has 32 heavy (non-hydrogen) atoms. The molecule has 0 bridgehead atoms. The van der Waals surface area contributed by atoms with Crippen LogP contribution in [-0.2, 0) is 9.53 Å². The van der Waals surface area contributed by atoms with Crippen molar-refractivity contribution in [3.8, 4) is 5.13 Å². The largest absolute Gasteiger partial charge is 0.477 e. The van der Waals surface area contributed by atoms with Gasteiger partial charge in [-0.2, -0.15) is 0 Å². The second kappa shape index (κ2) is 9.17. The highest BCUT2D eigenvalue weighted by atomic mass is 32.1. The highest BCUT2D eigenvalue weighted by Gasteiger charge is 2.33. The summed E-state index contributed by atoms with van der Waals surface area (Å²) in [5, 5.41) is 12.1. The lowest BCUT2D eigenvalue weighted by Crippen LogP contribution is -2.50. The maximum atomic E-state index is 12.8. The van der Waals surface area contributed by atoms with Gasteiger partial charge in [0.1, 0.15) is 17.2 Å². The average molecular weight is 457 g/mol. The van der Waals surface area contributed by atoms with E-state index in [1.54, 1.807) is 36.2 Å². The molecule has 0 amide bonds. The molecule has 0 spiro atoms. The second-order valence-electron chi connectivity index (χ2n) is 7.88. The summed E-state index contributed by atoms with van der Waals surface area (Å²) in [4.78, 5) is 47.9. The molecule has 4 rings (SSSR count).